The van der Waals surface area contributed by atoms with Crippen molar-refractivity contribution in [3.8, 4) is 0 Å². The average Bonchev–Trinajstić information content (AvgIpc) is 2.60. The molecular formula is C17H24FN3O3. The molecule has 1 fully saturated rings. The SMILES string of the molecule is COCCNCC(=O)N1CCN(C(=O)Cc2ccccc2F)CC1. The van der Waals surface area contributed by atoms with E-state index in [1.807, 2.05) is 0 Å². The minimum absolute atomic E-state index is 0.0207. The van der Waals surface area contributed by atoms with Crippen LogP contribution in [0.25, 0.3) is 0 Å². The molecule has 0 atom stereocenters. The number of hydrogen-bond acceptors (Lipinski definition) is 4. The third-order valence-corrected chi connectivity index (χ3v) is 4.04. The topological polar surface area (TPSA) is 61.9 Å². The van der Waals surface area contributed by atoms with Crippen molar-refractivity contribution in [2.45, 2.75) is 6.42 Å². The zero-order chi connectivity index (χ0) is 17.4. The molecule has 7 heteroatoms. The summed E-state index contributed by atoms with van der Waals surface area (Å²) in [6.07, 6.45) is 0.0548. The normalized spacial score (nSPS) is 14.8. The van der Waals surface area contributed by atoms with Gasteiger partial charge in [-0.05, 0) is 11.6 Å². The van der Waals surface area contributed by atoms with Crippen LogP contribution in [-0.2, 0) is 20.7 Å². The van der Waals surface area contributed by atoms with Gasteiger partial charge >= 0.3 is 0 Å². The van der Waals surface area contributed by atoms with E-state index in [1.54, 1.807) is 35.1 Å². The first-order valence-corrected chi connectivity index (χ1v) is 8.10. The number of ether oxygens (including phenoxy) is 1. The maximum Gasteiger partial charge on any atom is 0.236 e. The Morgan fingerprint density at radius 3 is 2.38 bits per heavy atom. The van der Waals surface area contributed by atoms with Gasteiger partial charge in [0, 0.05) is 39.8 Å². The molecule has 1 aromatic rings. The molecular weight excluding hydrogens is 313 g/mol. The van der Waals surface area contributed by atoms with Gasteiger partial charge in [0.15, 0.2) is 0 Å². The Morgan fingerprint density at radius 2 is 1.75 bits per heavy atom. The maximum atomic E-state index is 13.6. The lowest BCUT2D eigenvalue weighted by Gasteiger charge is -2.35. The molecule has 1 aromatic carbocycles. The summed E-state index contributed by atoms with van der Waals surface area (Å²) < 4.78 is 18.5. The first kappa shape index (κ1) is 18.4. The third-order valence-electron chi connectivity index (χ3n) is 4.04. The van der Waals surface area contributed by atoms with Gasteiger partial charge in [0.05, 0.1) is 19.6 Å². The Balaban J connectivity index is 1.75. The summed E-state index contributed by atoms with van der Waals surface area (Å²) in [5.74, 6) is -0.445. The number of rotatable bonds is 7. The van der Waals surface area contributed by atoms with E-state index in [4.69, 9.17) is 4.74 Å². The molecule has 0 bridgehead atoms. The summed E-state index contributed by atoms with van der Waals surface area (Å²) >= 11 is 0. The summed E-state index contributed by atoms with van der Waals surface area (Å²) in [6.45, 7) is 3.44. The van der Waals surface area contributed by atoms with Crippen LogP contribution in [0.15, 0.2) is 24.3 Å². The first-order valence-electron chi connectivity index (χ1n) is 8.10. The molecule has 1 N–H and O–H groups in total. The fourth-order valence-electron chi connectivity index (χ4n) is 2.60. The predicted molar refractivity (Wildman–Crippen MR) is 88.0 cm³/mol. The lowest BCUT2D eigenvalue weighted by atomic mass is 10.1. The van der Waals surface area contributed by atoms with Gasteiger partial charge in [-0.1, -0.05) is 18.2 Å². The summed E-state index contributed by atoms with van der Waals surface area (Å²) in [5.41, 5.74) is 0.406. The molecule has 0 aromatic heterocycles. The second-order valence-corrected chi connectivity index (χ2v) is 5.70. The predicted octanol–water partition coefficient (Wildman–Crippen LogP) is 0.275. The number of benzene rings is 1. The van der Waals surface area contributed by atoms with E-state index in [0.717, 1.165) is 0 Å². The number of methoxy groups -OCH3 is 1. The molecule has 1 heterocycles. The number of piperazine rings is 1. The molecule has 0 saturated carbocycles. The zero-order valence-corrected chi connectivity index (χ0v) is 14.0. The molecule has 1 saturated heterocycles. The standard InChI is InChI=1S/C17H24FN3O3/c1-24-11-6-19-13-17(23)21-9-7-20(8-10-21)16(22)12-14-4-2-3-5-15(14)18/h2-5,19H,6-13H2,1H3. The van der Waals surface area contributed by atoms with Gasteiger partial charge in [0.1, 0.15) is 5.82 Å². The Bertz CT molecular complexity index is 560. The molecule has 0 radical (unpaired) electrons. The molecule has 0 spiro atoms. The van der Waals surface area contributed by atoms with Crippen molar-refractivity contribution in [3.63, 3.8) is 0 Å². The largest absolute Gasteiger partial charge is 0.383 e. The molecule has 0 unspecified atom stereocenters. The highest BCUT2D eigenvalue weighted by atomic mass is 19.1. The van der Waals surface area contributed by atoms with Gasteiger partial charge in [0.25, 0.3) is 0 Å². The van der Waals surface area contributed by atoms with E-state index in [1.165, 1.54) is 6.07 Å². The fraction of sp³-hybridized carbons (Fsp3) is 0.529. The molecule has 0 aliphatic carbocycles. The highest BCUT2D eigenvalue weighted by Crippen LogP contribution is 2.10. The number of hydrogen-bond donors (Lipinski definition) is 1. The molecule has 132 valence electrons. The van der Waals surface area contributed by atoms with Crippen LogP contribution in [0.4, 0.5) is 4.39 Å². The Morgan fingerprint density at radius 1 is 1.12 bits per heavy atom. The van der Waals surface area contributed by atoms with Crippen molar-refractivity contribution in [2.75, 3.05) is 53.0 Å². The second kappa shape index (κ2) is 9.34. The number of nitrogens with zero attached hydrogens (tertiary/aromatic N) is 2. The van der Waals surface area contributed by atoms with Gasteiger partial charge in [-0.3, -0.25) is 9.59 Å². The van der Waals surface area contributed by atoms with Crippen LogP contribution in [0.2, 0.25) is 0 Å². The van der Waals surface area contributed by atoms with Gasteiger partial charge in [-0.25, -0.2) is 4.39 Å². The second-order valence-electron chi connectivity index (χ2n) is 5.70. The van der Waals surface area contributed by atoms with Crippen molar-refractivity contribution in [3.05, 3.63) is 35.6 Å². The van der Waals surface area contributed by atoms with Crippen LogP contribution in [0.5, 0.6) is 0 Å². The number of amides is 2. The minimum atomic E-state index is -0.359. The minimum Gasteiger partial charge on any atom is -0.383 e. The number of halogens is 1. The molecule has 24 heavy (non-hydrogen) atoms. The van der Waals surface area contributed by atoms with E-state index in [0.29, 0.717) is 44.9 Å². The van der Waals surface area contributed by atoms with E-state index in [2.05, 4.69) is 5.32 Å². The lowest BCUT2D eigenvalue weighted by molar-refractivity contribution is -0.138. The van der Waals surface area contributed by atoms with Crippen molar-refractivity contribution >= 4 is 11.8 Å². The zero-order valence-electron chi connectivity index (χ0n) is 14.0. The summed E-state index contributed by atoms with van der Waals surface area (Å²) in [7, 11) is 1.61. The average molecular weight is 337 g/mol. The van der Waals surface area contributed by atoms with Crippen LogP contribution in [0.1, 0.15) is 5.56 Å². The molecule has 2 rings (SSSR count). The van der Waals surface area contributed by atoms with Crippen LogP contribution < -0.4 is 5.32 Å². The van der Waals surface area contributed by atoms with Crippen molar-refractivity contribution in [1.82, 2.24) is 15.1 Å². The van der Waals surface area contributed by atoms with Crippen molar-refractivity contribution in [2.24, 2.45) is 0 Å². The van der Waals surface area contributed by atoms with Crippen LogP contribution in [-0.4, -0.2) is 74.6 Å². The first-order chi connectivity index (χ1) is 11.6. The van der Waals surface area contributed by atoms with E-state index in [9.17, 15) is 14.0 Å². The van der Waals surface area contributed by atoms with Crippen molar-refractivity contribution in [1.29, 1.82) is 0 Å². The Kier molecular flexibility index (Phi) is 7.14. The van der Waals surface area contributed by atoms with Gasteiger partial charge in [-0.2, -0.15) is 0 Å². The third kappa shape index (κ3) is 5.28. The maximum absolute atomic E-state index is 13.6. The number of nitrogens with one attached hydrogen (secondary N) is 1. The molecule has 1 aliphatic heterocycles. The number of carbonyl (C=O) groups excluding carboxylic acids is 2. The highest BCUT2D eigenvalue weighted by molar-refractivity contribution is 5.80. The van der Waals surface area contributed by atoms with E-state index >= 15 is 0 Å². The number of carbonyl (C=O) groups is 2. The molecule has 2 amide bonds. The Labute approximate surface area is 141 Å². The highest BCUT2D eigenvalue weighted by Gasteiger charge is 2.24. The van der Waals surface area contributed by atoms with Crippen molar-refractivity contribution < 1.29 is 18.7 Å². The van der Waals surface area contributed by atoms with Crippen LogP contribution >= 0.6 is 0 Å². The van der Waals surface area contributed by atoms with Gasteiger partial charge in [-0.15, -0.1) is 0 Å². The fourth-order valence-corrected chi connectivity index (χ4v) is 2.60. The molecule has 1 aliphatic rings. The van der Waals surface area contributed by atoms with E-state index in [-0.39, 0.29) is 30.6 Å². The van der Waals surface area contributed by atoms with E-state index < -0.39 is 0 Å². The lowest BCUT2D eigenvalue weighted by Crippen LogP contribution is -2.52. The van der Waals surface area contributed by atoms with Gasteiger partial charge < -0.3 is 19.9 Å². The summed E-state index contributed by atoms with van der Waals surface area (Å²) in [6, 6.07) is 6.31. The summed E-state index contributed by atoms with van der Waals surface area (Å²) in [5, 5.41) is 3.02. The smallest absolute Gasteiger partial charge is 0.236 e. The van der Waals surface area contributed by atoms with Crippen LogP contribution in [0, 0.1) is 5.82 Å². The monoisotopic (exact) mass is 337 g/mol. The summed E-state index contributed by atoms with van der Waals surface area (Å²) in [4.78, 5) is 27.7. The van der Waals surface area contributed by atoms with Gasteiger partial charge in [0.2, 0.25) is 11.8 Å². The Hall–Kier alpha value is -1.99. The van der Waals surface area contributed by atoms with Crippen LogP contribution in [0.3, 0.4) is 0 Å². The quantitative estimate of drug-likeness (QED) is 0.726. The molecule has 6 nitrogen and oxygen atoms in total.